The van der Waals surface area contributed by atoms with Crippen LogP contribution < -0.4 is 0 Å². The van der Waals surface area contributed by atoms with Crippen LogP contribution in [0.3, 0.4) is 0 Å². The van der Waals surface area contributed by atoms with Gasteiger partial charge in [-0.25, -0.2) is 0 Å². The second kappa shape index (κ2) is 6.44. The summed E-state index contributed by atoms with van der Waals surface area (Å²) in [4.78, 5) is 0. The summed E-state index contributed by atoms with van der Waals surface area (Å²) in [5.41, 5.74) is -5.33. The van der Waals surface area contributed by atoms with Gasteiger partial charge in [0.25, 0.3) is 0 Å². The van der Waals surface area contributed by atoms with Crippen molar-refractivity contribution in [1.29, 1.82) is 0 Å². The first-order valence-corrected chi connectivity index (χ1v) is 6.54. The van der Waals surface area contributed by atoms with Crippen LogP contribution in [0.5, 0.6) is 0 Å². The fraction of sp³-hybridized carbons (Fsp3) is 0.500. The average Bonchev–Trinajstić information content (AvgIpc) is 2.42. The zero-order valence-corrected chi connectivity index (χ0v) is 12.0. The third-order valence-corrected chi connectivity index (χ3v) is 3.13. The molecule has 10 heteroatoms. The molecule has 0 aliphatic heterocycles. The molecule has 0 aromatic heterocycles. The molecule has 0 aliphatic rings. The Kier molecular flexibility index (Phi) is 5.52. The summed E-state index contributed by atoms with van der Waals surface area (Å²) in [6.07, 6.45) is -11.9. The fourth-order valence-corrected chi connectivity index (χ4v) is 1.93. The summed E-state index contributed by atoms with van der Waals surface area (Å²) in [7, 11) is 0. The predicted octanol–water partition coefficient (Wildman–Crippen LogP) is 6.35. The largest absolute Gasteiger partial charge is 0.458 e. The van der Waals surface area contributed by atoms with Gasteiger partial charge in [-0.1, -0.05) is 31.5 Å². The van der Waals surface area contributed by atoms with Gasteiger partial charge in [0, 0.05) is 11.1 Å². The van der Waals surface area contributed by atoms with E-state index in [0.29, 0.717) is 12.5 Å². The second-order valence-electron chi connectivity index (χ2n) is 4.90. The van der Waals surface area contributed by atoms with Crippen LogP contribution in [-0.4, -0.2) is 12.4 Å². The highest BCUT2D eigenvalue weighted by Gasteiger charge is 2.63. The molecule has 0 N–H and O–H groups in total. The molecule has 24 heavy (non-hydrogen) atoms. The smallest absolute Gasteiger partial charge is 0.191 e. The summed E-state index contributed by atoms with van der Waals surface area (Å²) < 4.78 is 129. The van der Waals surface area contributed by atoms with Crippen molar-refractivity contribution in [2.75, 3.05) is 0 Å². The Bertz CT molecular complexity index is 524. The molecule has 0 unspecified atom stereocenters. The van der Waals surface area contributed by atoms with Crippen LogP contribution in [0.15, 0.2) is 18.2 Å². The van der Waals surface area contributed by atoms with Crippen molar-refractivity contribution < 1.29 is 43.9 Å². The summed E-state index contributed by atoms with van der Waals surface area (Å²) in [5, 5.41) is 0. The van der Waals surface area contributed by atoms with Gasteiger partial charge in [0.2, 0.25) is 0 Å². The van der Waals surface area contributed by atoms with Gasteiger partial charge in [-0.3, -0.25) is 0 Å². The van der Waals surface area contributed by atoms with Crippen LogP contribution in [0.4, 0.5) is 43.9 Å². The number of hydrogen-bond acceptors (Lipinski definition) is 0. The number of alkyl halides is 10. The normalized spacial score (nSPS) is 14.1. The molecule has 0 aliphatic carbocycles. The summed E-state index contributed by atoms with van der Waals surface area (Å²) in [5.74, 6) is -11.2. The Balaban J connectivity index is 3.68. The van der Waals surface area contributed by atoms with E-state index >= 15 is 0 Å². The third kappa shape index (κ3) is 3.61. The van der Waals surface area contributed by atoms with E-state index in [2.05, 4.69) is 0 Å². The predicted molar refractivity (Wildman–Crippen MR) is 64.7 cm³/mol. The minimum atomic E-state index is -6.14. The fourth-order valence-electron chi connectivity index (χ4n) is 1.93. The quantitative estimate of drug-likeness (QED) is 0.531. The molecule has 0 saturated heterocycles. The lowest BCUT2D eigenvalue weighted by molar-refractivity contribution is -0.292. The Morgan fingerprint density at radius 2 is 1.12 bits per heavy atom. The second-order valence-corrected chi connectivity index (χ2v) is 4.90. The minimum absolute atomic E-state index is 0.142. The maximum Gasteiger partial charge on any atom is 0.458 e. The Morgan fingerprint density at radius 3 is 1.42 bits per heavy atom. The van der Waals surface area contributed by atoms with Crippen molar-refractivity contribution in [1.82, 2.24) is 0 Å². The number of halogens is 10. The first kappa shape index (κ1) is 20.6. The maximum absolute atomic E-state index is 13.5. The zero-order valence-electron chi connectivity index (χ0n) is 12.0. The van der Waals surface area contributed by atoms with E-state index in [9.17, 15) is 43.9 Å². The molecule has 0 bridgehead atoms. The molecule has 1 radical (unpaired) electrons. The minimum Gasteiger partial charge on any atom is -0.191 e. The number of benzene rings is 1. The van der Waals surface area contributed by atoms with E-state index in [-0.39, 0.29) is 25.0 Å². The third-order valence-electron chi connectivity index (χ3n) is 3.13. The number of rotatable bonds is 5. The molecule has 0 nitrogen and oxygen atoms in total. The Hall–Kier alpha value is -1.48. The molecular formula is C14H11F10. The highest BCUT2D eigenvalue weighted by atomic mass is 19.4. The van der Waals surface area contributed by atoms with Crippen LogP contribution in [0.1, 0.15) is 36.5 Å². The zero-order chi connectivity index (χ0) is 19.0. The van der Waals surface area contributed by atoms with E-state index < -0.39 is 40.9 Å². The van der Waals surface area contributed by atoms with E-state index in [0.717, 1.165) is 0 Å². The van der Waals surface area contributed by atoms with Gasteiger partial charge in [0.05, 0.1) is 0 Å². The van der Waals surface area contributed by atoms with Crippen LogP contribution in [-0.2, 0) is 11.8 Å². The van der Waals surface area contributed by atoms with Crippen molar-refractivity contribution in [3.8, 4) is 0 Å². The van der Waals surface area contributed by atoms with E-state index in [1.54, 1.807) is 0 Å². The molecule has 1 aromatic rings. The van der Waals surface area contributed by atoms with Gasteiger partial charge in [0.15, 0.2) is 0 Å². The van der Waals surface area contributed by atoms with Gasteiger partial charge in [-0.2, -0.15) is 43.9 Å². The van der Waals surface area contributed by atoms with Crippen LogP contribution in [0, 0.1) is 6.42 Å². The van der Waals surface area contributed by atoms with E-state index in [1.165, 1.54) is 6.92 Å². The van der Waals surface area contributed by atoms with Gasteiger partial charge in [-0.15, -0.1) is 0 Å². The monoisotopic (exact) mass is 369 g/mol. The summed E-state index contributed by atoms with van der Waals surface area (Å²) >= 11 is 0. The first-order valence-electron chi connectivity index (χ1n) is 6.54. The summed E-state index contributed by atoms with van der Waals surface area (Å²) in [6.45, 7) is 1.45. The molecule has 1 rings (SSSR count). The molecule has 0 fully saturated rings. The van der Waals surface area contributed by atoms with Crippen molar-refractivity contribution >= 4 is 0 Å². The average molecular weight is 369 g/mol. The molecule has 0 amide bonds. The lowest BCUT2D eigenvalue weighted by atomic mass is 9.89. The molecule has 0 saturated carbocycles. The lowest BCUT2D eigenvalue weighted by Gasteiger charge is -2.27. The van der Waals surface area contributed by atoms with Gasteiger partial charge in [-0.05, 0) is 18.4 Å². The van der Waals surface area contributed by atoms with Gasteiger partial charge >= 0.3 is 24.2 Å². The van der Waals surface area contributed by atoms with E-state index in [4.69, 9.17) is 0 Å². The van der Waals surface area contributed by atoms with Crippen molar-refractivity contribution in [2.45, 2.75) is 44.0 Å². The molecular weight excluding hydrogens is 358 g/mol. The maximum atomic E-state index is 13.5. The topological polar surface area (TPSA) is 0 Å². The molecule has 0 spiro atoms. The van der Waals surface area contributed by atoms with Crippen LogP contribution >= 0.6 is 0 Å². The highest BCUT2D eigenvalue weighted by Crippen LogP contribution is 2.50. The number of unbranched alkanes of at least 4 members (excludes halogenated alkanes) is 1. The Morgan fingerprint density at radius 1 is 0.750 bits per heavy atom. The van der Waals surface area contributed by atoms with Gasteiger partial charge < -0.3 is 0 Å². The highest BCUT2D eigenvalue weighted by molar-refractivity contribution is 5.46. The molecule has 1 aromatic carbocycles. The Labute approximate surface area is 130 Å². The van der Waals surface area contributed by atoms with Crippen molar-refractivity contribution in [3.63, 3.8) is 0 Å². The van der Waals surface area contributed by atoms with Crippen molar-refractivity contribution in [3.05, 3.63) is 41.3 Å². The van der Waals surface area contributed by atoms with Gasteiger partial charge in [0.1, 0.15) is 0 Å². The molecule has 137 valence electrons. The van der Waals surface area contributed by atoms with E-state index in [1.807, 2.05) is 0 Å². The standard InChI is InChI=1S/C14H11F10/c1-2-3-5-8-9(11(15,16)13(19,20)21)6-4-7-10(8)12(17,18)14(22,23)24/h4-7H,2-3H2,1H3. The SMILES string of the molecule is CCC[CH]c1c(C(F)(F)C(F)(F)F)cccc1C(F)(F)C(F)(F)F. The first-order chi connectivity index (χ1) is 10.7. The lowest BCUT2D eigenvalue weighted by Crippen LogP contribution is -2.38. The molecule has 0 atom stereocenters. The van der Waals surface area contributed by atoms with Crippen molar-refractivity contribution in [2.24, 2.45) is 0 Å². The summed E-state index contributed by atoms with van der Waals surface area (Å²) in [6, 6.07) is 0.684. The van der Waals surface area contributed by atoms with Crippen LogP contribution in [0.2, 0.25) is 0 Å². The number of hydrogen-bond donors (Lipinski definition) is 0. The molecule has 0 heterocycles. The van der Waals surface area contributed by atoms with Crippen LogP contribution in [0.25, 0.3) is 0 Å².